The fourth-order valence-electron chi connectivity index (χ4n) is 4.12. The molecule has 9 heteroatoms. The van der Waals surface area contributed by atoms with E-state index < -0.39 is 5.91 Å². The highest BCUT2D eigenvalue weighted by atomic mass is 32.1. The molecule has 0 fully saturated rings. The minimum absolute atomic E-state index is 0.115. The molecule has 0 radical (unpaired) electrons. The summed E-state index contributed by atoms with van der Waals surface area (Å²) >= 11 is 1.70. The predicted octanol–water partition coefficient (Wildman–Crippen LogP) is 4.97. The maximum absolute atomic E-state index is 11.1. The molecule has 1 amide bonds. The van der Waals surface area contributed by atoms with Crippen LogP contribution in [0.4, 0.5) is 5.82 Å². The Balaban J connectivity index is 0.000000186. The van der Waals surface area contributed by atoms with Crippen molar-refractivity contribution >= 4 is 44.2 Å². The fourth-order valence-corrected chi connectivity index (χ4v) is 5.02. The molecule has 4 N–H and O–H groups in total. The van der Waals surface area contributed by atoms with Crippen molar-refractivity contribution in [1.29, 1.82) is 0 Å². The van der Waals surface area contributed by atoms with E-state index in [9.17, 15) is 4.79 Å². The number of hydrogen-bond acceptors (Lipinski definition) is 7. The van der Waals surface area contributed by atoms with Gasteiger partial charge >= 0.3 is 0 Å². The molecule has 0 saturated heterocycles. The first-order chi connectivity index (χ1) is 18.9. The summed E-state index contributed by atoms with van der Waals surface area (Å²) in [6.45, 7) is 2.17. The van der Waals surface area contributed by atoms with E-state index in [2.05, 4.69) is 69.5 Å². The summed E-state index contributed by atoms with van der Waals surface area (Å²) in [6.07, 6.45) is 7.79. The van der Waals surface area contributed by atoms with E-state index >= 15 is 0 Å². The molecule has 5 aromatic heterocycles. The molecular weight excluding hydrogens is 506 g/mol. The lowest BCUT2D eigenvalue weighted by Crippen LogP contribution is -2.15. The minimum Gasteiger partial charge on any atom is -0.383 e. The van der Waals surface area contributed by atoms with Crippen molar-refractivity contribution in [3.05, 3.63) is 101 Å². The lowest BCUT2D eigenvalue weighted by Gasteiger charge is -2.07. The molecule has 6 aromatic rings. The zero-order valence-corrected chi connectivity index (χ0v) is 22.2. The second-order valence-electron chi connectivity index (χ2n) is 8.69. The Labute approximate surface area is 229 Å². The Kier molecular flexibility index (Phi) is 7.30. The van der Waals surface area contributed by atoms with Crippen molar-refractivity contribution in [3.63, 3.8) is 0 Å². The summed E-state index contributed by atoms with van der Waals surface area (Å²) < 4.78 is 2.95. The third kappa shape index (κ3) is 5.46. The van der Waals surface area contributed by atoms with Crippen LogP contribution in [0.25, 0.3) is 32.4 Å². The number of carbonyl (C=O) groups is 1. The van der Waals surface area contributed by atoms with Crippen molar-refractivity contribution in [3.8, 4) is 23.1 Å². The fraction of sp³-hybridized carbons (Fsp3) is 0.100. The predicted molar refractivity (Wildman–Crippen MR) is 156 cm³/mol. The van der Waals surface area contributed by atoms with Gasteiger partial charge in [-0.2, -0.15) is 5.10 Å². The number of nitrogen functional groups attached to an aromatic ring is 1. The van der Waals surface area contributed by atoms with Crippen molar-refractivity contribution in [2.45, 2.75) is 13.3 Å². The molecule has 0 unspecified atom stereocenters. The standard InChI is InChI=1S/C21H17N3S.C9H8N4O/c1-3-16-11-19-21(23-20(16)17-7-5-4-6-8-17)18(14-25-19)10-9-15-12-22-24(2)13-15;10-8-6(9(11)14)7-5(4-13-8)2-1-3-12-7/h4-8,11-14H,3H2,1-2H3;1-4H,(H2,10,13)(H2,11,14). The van der Waals surface area contributed by atoms with Gasteiger partial charge in [-0.25, -0.2) is 9.97 Å². The van der Waals surface area contributed by atoms with Crippen LogP contribution in [-0.2, 0) is 13.5 Å². The second-order valence-corrected chi connectivity index (χ2v) is 9.60. The van der Waals surface area contributed by atoms with Crippen LogP contribution in [0.3, 0.4) is 0 Å². The molecule has 5 heterocycles. The lowest BCUT2D eigenvalue weighted by molar-refractivity contribution is 0.100. The van der Waals surface area contributed by atoms with Gasteiger partial charge < -0.3 is 11.5 Å². The Hall–Kier alpha value is -5.07. The average Bonchev–Trinajstić information content (AvgIpc) is 3.56. The number of nitrogens with zero attached hydrogens (tertiary/aromatic N) is 5. The van der Waals surface area contributed by atoms with Crippen molar-refractivity contribution in [2.24, 2.45) is 12.8 Å². The topological polar surface area (TPSA) is 126 Å². The smallest absolute Gasteiger partial charge is 0.254 e. The van der Waals surface area contributed by atoms with E-state index in [0.717, 1.165) is 39.7 Å². The van der Waals surface area contributed by atoms with Crippen LogP contribution in [0, 0.1) is 11.8 Å². The number of aryl methyl sites for hydroxylation is 2. The van der Waals surface area contributed by atoms with E-state index in [0.29, 0.717) is 5.52 Å². The van der Waals surface area contributed by atoms with Crippen LogP contribution >= 0.6 is 11.3 Å². The SMILES string of the molecule is CCc1cc2scc(C#Cc3cnn(C)c3)c2nc1-c1ccccc1.NC(=O)c1c(N)ncc2cccnc12. The van der Waals surface area contributed by atoms with Gasteiger partial charge in [0, 0.05) is 42.0 Å². The van der Waals surface area contributed by atoms with E-state index in [1.165, 1.54) is 10.3 Å². The van der Waals surface area contributed by atoms with Crippen LogP contribution in [0.5, 0.6) is 0 Å². The highest BCUT2D eigenvalue weighted by molar-refractivity contribution is 7.17. The van der Waals surface area contributed by atoms with Gasteiger partial charge in [0.05, 0.1) is 38.8 Å². The molecule has 1 aromatic carbocycles. The number of aromatic nitrogens is 5. The Morgan fingerprint density at radius 2 is 1.87 bits per heavy atom. The molecule has 0 atom stereocenters. The molecule has 6 rings (SSSR count). The summed E-state index contributed by atoms with van der Waals surface area (Å²) in [5.41, 5.74) is 17.7. The Morgan fingerprint density at radius 3 is 2.59 bits per heavy atom. The van der Waals surface area contributed by atoms with Crippen molar-refractivity contribution in [1.82, 2.24) is 24.7 Å². The zero-order valence-electron chi connectivity index (χ0n) is 21.4. The van der Waals surface area contributed by atoms with E-state index in [1.807, 2.05) is 19.3 Å². The number of anilines is 1. The molecule has 0 aliphatic carbocycles. The number of benzene rings is 1. The Bertz CT molecular complexity index is 1860. The van der Waals surface area contributed by atoms with E-state index in [1.54, 1.807) is 46.7 Å². The van der Waals surface area contributed by atoms with Crippen molar-refractivity contribution < 1.29 is 4.79 Å². The first kappa shape index (κ1) is 25.6. The first-order valence-corrected chi connectivity index (χ1v) is 13.1. The largest absolute Gasteiger partial charge is 0.383 e. The molecule has 0 bridgehead atoms. The van der Waals surface area contributed by atoms with Crippen LogP contribution in [-0.4, -0.2) is 30.6 Å². The van der Waals surface area contributed by atoms with Crippen molar-refractivity contribution in [2.75, 3.05) is 5.73 Å². The third-order valence-electron chi connectivity index (χ3n) is 6.02. The van der Waals surface area contributed by atoms with Gasteiger partial charge in [-0.3, -0.25) is 14.5 Å². The van der Waals surface area contributed by atoms with Gasteiger partial charge in [0.1, 0.15) is 11.4 Å². The molecule has 192 valence electrons. The lowest BCUT2D eigenvalue weighted by atomic mass is 10.0. The minimum atomic E-state index is -0.612. The number of thiophene rings is 1. The quantitative estimate of drug-likeness (QED) is 0.311. The maximum Gasteiger partial charge on any atom is 0.254 e. The number of amides is 1. The summed E-state index contributed by atoms with van der Waals surface area (Å²) in [6, 6.07) is 16.2. The highest BCUT2D eigenvalue weighted by Gasteiger charge is 2.13. The van der Waals surface area contributed by atoms with Crippen LogP contribution < -0.4 is 11.5 Å². The van der Waals surface area contributed by atoms with Crippen LogP contribution in [0.1, 0.15) is 34.0 Å². The monoisotopic (exact) mass is 531 g/mol. The van der Waals surface area contributed by atoms with Crippen LogP contribution in [0.15, 0.2) is 78.7 Å². The molecule has 0 spiro atoms. The molecule has 0 saturated carbocycles. The first-order valence-electron chi connectivity index (χ1n) is 12.2. The number of carbonyl (C=O) groups excluding carboxylic acids is 1. The Morgan fingerprint density at radius 1 is 1.05 bits per heavy atom. The number of nitrogens with two attached hydrogens (primary N) is 2. The van der Waals surface area contributed by atoms with Gasteiger partial charge in [0.2, 0.25) is 0 Å². The molecule has 8 nitrogen and oxygen atoms in total. The number of rotatable bonds is 3. The van der Waals surface area contributed by atoms with E-state index in [-0.39, 0.29) is 11.4 Å². The normalized spacial score (nSPS) is 10.5. The summed E-state index contributed by atoms with van der Waals surface area (Å²) in [7, 11) is 1.89. The molecule has 39 heavy (non-hydrogen) atoms. The van der Waals surface area contributed by atoms with Gasteiger partial charge in [0.25, 0.3) is 5.91 Å². The number of fused-ring (bicyclic) bond motifs is 2. The molecule has 0 aliphatic rings. The summed E-state index contributed by atoms with van der Waals surface area (Å²) in [5.74, 6) is 5.94. The summed E-state index contributed by atoms with van der Waals surface area (Å²) in [5, 5.41) is 6.99. The second kappa shape index (κ2) is 11.1. The summed E-state index contributed by atoms with van der Waals surface area (Å²) in [4.78, 5) is 24.0. The highest BCUT2D eigenvalue weighted by Crippen LogP contribution is 2.31. The van der Waals surface area contributed by atoms with Gasteiger partial charge in [-0.05, 0) is 30.2 Å². The number of primary amides is 1. The zero-order chi connectivity index (χ0) is 27.4. The van der Waals surface area contributed by atoms with E-state index in [4.69, 9.17) is 16.5 Å². The number of pyridine rings is 3. The maximum atomic E-state index is 11.1. The number of hydrogen-bond donors (Lipinski definition) is 2. The van der Waals surface area contributed by atoms with Crippen LogP contribution in [0.2, 0.25) is 0 Å². The van der Waals surface area contributed by atoms with Gasteiger partial charge in [0.15, 0.2) is 0 Å². The molecule has 0 aliphatic heterocycles. The molecular formula is C30H25N7OS. The van der Waals surface area contributed by atoms with Gasteiger partial charge in [-0.15, -0.1) is 11.3 Å². The average molecular weight is 532 g/mol. The van der Waals surface area contributed by atoms with Gasteiger partial charge in [-0.1, -0.05) is 49.1 Å². The third-order valence-corrected chi connectivity index (χ3v) is 6.94.